The topological polar surface area (TPSA) is 56.2 Å². The molecule has 5 nitrogen and oxygen atoms in total. The molecule has 1 aromatic heterocycles. The molecule has 1 N–H and O–H groups in total. The number of nitrogens with one attached hydrogen (secondary N) is 1. The van der Waals surface area contributed by atoms with Crippen molar-refractivity contribution in [3.63, 3.8) is 0 Å². The van der Waals surface area contributed by atoms with Crippen molar-refractivity contribution in [2.45, 2.75) is 26.2 Å². The lowest BCUT2D eigenvalue weighted by atomic mass is 10.1. The van der Waals surface area contributed by atoms with Crippen LogP contribution in [0.4, 0.5) is 10.1 Å². The number of carbonyl (C=O) groups excluding carboxylic acids is 1. The summed E-state index contributed by atoms with van der Waals surface area (Å²) in [5.41, 5.74) is 3.89. The number of hydrogen-bond donors (Lipinski definition) is 1. The van der Waals surface area contributed by atoms with E-state index in [0.717, 1.165) is 22.5 Å². The Kier molecular flexibility index (Phi) is 4.26. The monoisotopic (exact) mass is 351 g/mol. The Labute approximate surface area is 150 Å². The maximum Gasteiger partial charge on any atom is 0.276 e. The minimum Gasteiger partial charge on any atom is -0.365 e. The van der Waals surface area contributed by atoms with Crippen LogP contribution in [-0.2, 0) is 17.9 Å². The SMILES string of the molecule is Cc1cccc(NC(=O)c2cc3n(n2)C[C@@H](c2ccc(F)cc2)OC3)c1. The quantitative estimate of drug-likeness (QED) is 0.780. The highest BCUT2D eigenvalue weighted by atomic mass is 19.1. The van der Waals surface area contributed by atoms with E-state index in [4.69, 9.17) is 4.74 Å². The Morgan fingerprint density at radius 3 is 2.81 bits per heavy atom. The molecule has 0 saturated carbocycles. The number of nitrogens with zero attached hydrogens (tertiary/aromatic N) is 2. The van der Waals surface area contributed by atoms with Crippen molar-refractivity contribution >= 4 is 11.6 Å². The highest BCUT2D eigenvalue weighted by Crippen LogP contribution is 2.27. The summed E-state index contributed by atoms with van der Waals surface area (Å²) in [6.07, 6.45) is -0.212. The van der Waals surface area contributed by atoms with Crippen LogP contribution >= 0.6 is 0 Å². The first-order chi connectivity index (χ1) is 12.6. The summed E-state index contributed by atoms with van der Waals surface area (Å²) in [7, 11) is 0. The normalized spacial score (nSPS) is 16.2. The molecule has 0 bridgehead atoms. The molecule has 26 heavy (non-hydrogen) atoms. The molecule has 0 fully saturated rings. The average Bonchev–Trinajstić information content (AvgIpc) is 3.06. The number of benzene rings is 2. The van der Waals surface area contributed by atoms with E-state index in [2.05, 4.69) is 10.4 Å². The number of anilines is 1. The highest BCUT2D eigenvalue weighted by molar-refractivity contribution is 6.02. The maximum absolute atomic E-state index is 13.1. The second kappa shape index (κ2) is 6.72. The lowest BCUT2D eigenvalue weighted by molar-refractivity contribution is -0.00122. The second-order valence-corrected chi connectivity index (χ2v) is 6.38. The number of halogens is 1. The first-order valence-corrected chi connectivity index (χ1v) is 8.40. The largest absolute Gasteiger partial charge is 0.365 e. The van der Waals surface area contributed by atoms with Gasteiger partial charge in [0.1, 0.15) is 11.9 Å². The molecule has 2 heterocycles. The number of aryl methyl sites for hydroxylation is 1. The van der Waals surface area contributed by atoms with Crippen molar-refractivity contribution in [3.8, 4) is 0 Å². The summed E-state index contributed by atoms with van der Waals surface area (Å²) in [4.78, 5) is 12.5. The molecule has 2 aromatic carbocycles. The summed E-state index contributed by atoms with van der Waals surface area (Å²) in [5, 5.41) is 7.27. The molecule has 0 spiro atoms. The van der Waals surface area contributed by atoms with Gasteiger partial charge in [0.2, 0.25) is 0 Å². The van der Waals surface area contributed by atoms with Crippen molar-refractivity contribution < 1.29 is 13.9 Å². The van der Waals surface area contributed by atoms with E-state index in [-0.39, 0.29) is 17.8 Å². The van der Waals surface area contributed by atoms with E-state index in [0.29, 0.717) is 18.8 Å². The van der Waals surface area contributed by atoms with Crippen molar-refractivity contribution in [3.05, 3.63) is 82.9 Å². The number of aromatic nitrogens is 2. The zero-order valence-electron chi connectivity index (χ0n) is 14.3. The predicted molar refractivity (Wildman–Crippen MR) is 95.3 cm³/mol. The van der Waals surface area contributed by atoms with E-state index in [1.54, 1.807) is 22.9 Å². The van der Waals surface area contributed by atoms with Gasteiger partial charge in [0.15, 0.2) is 5.69 Å². The van der Waals surface area contributed by atoms with E-state index in [1.807, 2.05) is 31.2 Å². The van der Waals surface area contributed by atoms with Crippen LogP contribution in [0.1, 0.15) is 33.4 Å². The third-order valence-corrected chi connectivity index (χ3v) is 4.38. The van der Waals surface area contributed by atoms with Crippen LogP contribution in [0.5, 0.6) is 0 Å². The first kappa shape index (κ1) is 16.5. The molecule has 1 aliphatic heterocycles. The van der Waals surface area contributed by atoms with Crippen molar-refractivity contribution in [1.82, 2.24) is 9.78 Å². The first-order valence-electron chi connectivity index (χ1n) is 8.40. The van der Waals surface area contributed by atoms with Crippen molar-refractivity contribution in [1.29, 1.82) is 0 Å². The van der Waals surface area contributed by atoms with Crippen molar-refractivity contribution in [2.75, 3.05) is 5.32 Å². The van der Waals surface area contributed by atoms with Crippen LogP contribution in [0, 0.1) is 12.7 Å². The number of rotatable bonds is 3. The number of hydrogen-bond acceptors (Lipinski definition) is 3. The van der Waals surface area contributed by atoms with E-state index in [1.165, 1.54) is 12.1 Å². The molecule has 0 unspecified atom stereocenters. The van der Waals surface area contributed by atoms with Gasteiger partial charge >= 0.3 is 0 Å². The van der Waals surface area contributed by atoms with Crippen molar-refractivity contribution in [2.24, 2.45) is 0 Å². The van der Waals surface area contributed by atoms with Gasteiger partial charge in [0, 0.05) is 5.69 Å². The number of amides is 1. The smallest absolute Gasteiger partial charge is 0.276 e. The van der Waals surface area contributed by atoms with Crippen LogP contribution in [0.2, 0.25) is 0 Å². The van der Waals surface area contributed by atoms with Gasteiger partial charge < -0.3 is 10.1 Å². The van der Waals surface area contributed by atoms with Gasteiger partial charge in [-0.1, -0.05) is 24.3 Å². The average molecular weight is 351 g/mol. The molecular formula is C20H18FN3O2. The lowest BCUT2D eigenvalue weighted by Crippen LogP contribution is -2.22. The minimum atomic E-state index is -0.278. The summed E-state index contributed by atoms with van der Waals surface area (Å²) < 4.78 is 20.7. The van der Waals surface area contributed by atoms with Gasteiger partial charge in [-0.3, -0.25) is 9.48 Å². The van der Waals surface area contributed by atoms with Gasteiger partial charge in [-0.05, 0) is 48.4 Å². The van der Waals surface area contributed by atoms with E-state index < -0.39 is 0 Å². The Hall–Kier alpha value is -2.99. The molecule has 1 atom stereocenters. The standard InChI is InChI=1S/C20H18FN3O2/c1-13-3-2-4-16(9-13)22-20(25)18-10-17-12-26-19(11-24(17)23-18)14-5-7-15(21)8-6-14/h2-10,19H,11-12H2,1H3,(H,22,25)/t19-/m0/s1. The van der Waals surface area contributed by atoms with Gasteiger partial charge in [0.05, 0.1) is 18.8 Å². The van der Waals surface area contributed by atoms with Crippen LogP contribution in [-0.4, -0.2) is 15.7 Å². The fourth-order valence-corrected chi connectivity index (χ4v) is 3.03. The van der Waals surface area contributed by atoms with Crippen LogP contribution in [0.15, 0.2) is 54.6 Å². The molecule has 4 rings (SSSR count). The van der Waals surface area contributed by atoms with Crippen LogP contribution in [0.3, 0.4) is 0 Å². The summed E-state index contributed by atoms with van der Waals surface area (Å²) in [5.74, 6) is -0.532. The van der Waals surface area contributed by atoms with Crippen LogP contribution < -0.4 is 5.32 Å². The fourth-order valence-electron chi connectivity index (χ4n) is 3.03. The minimum absolute atomic E-state index is 0.212. The summed E-state index contributed by atoms with van der Waals surface area (Å²) in [6, 6.07) is 15.6. The lowest BCUT2D eigenvalue weighted by Gasteiger charge is -2.24. The van der Waals surface area contributed by atoms with Gasteiger partial charge in [-0.25, -0.2) is 4.39 Å². The Morgan fingerprint density at radius 2 is 2.04 bits per heavy atom. The van der Waals surface area contributed by atoms with Gasteiger partial charge in [0.25, 0.3) is 5.91 Å². The summed E-state index contributed by atoms with van der Waals surface area (Å²) >= 11 is 0. The second-order valence-electron chi connectivity index (χ2n) is 6.38. The molecule has 132 valence electrons. The molecule has 0 radical (unpaired) electrons. The Bertz CT molecular complexity index is 950. The number of carbonyl (C=O) groups is 1. The molecule has 0 aliphatic carbocycles. The molecule has 1 aliphatic rings. The zero-order valence-corrected chi connectivity index (χ0v) is 14.3. The zero-order chi connectivity index (χ0) is 18.1. The maximum atomic E-state index is 13.1. The highest BCUT2D eigenvalue weighted by Gasteiger charge is 2.24. The molecule has 3 aromatic rings. The van der Waals surface area contributed by atoms with Gasteiger partial charge in [-0.2, -0.15) is 5.10 Å². The third kappa shape index (κ3) is 3.36. The number of ether oxygens (including phenoxy) is 1. The predicted octanol–water partition coefficient (Wildman–Crippen LogP) is 3.85. The Balaban J connectivity index is 1.50. The molecular weight excluding hydrogens is 333 g/mol. The molecule has 1 amide bonds. The van der Waals surface area contributed by atoms with E-state index >= 15 is 0 Å². The molecule has 0 saturated heterocycles. The van der Waals surface area contributed by atoms with Crippen LogP contribution in [0.25, 0.3) is 0 Å². The molecule has 6 heteroatoms. The van der Waals surface area contributed by atoms with Gasteiger partial charge in [-0.15, -0.1) is 0 Å². The summed E-state index contributed by atoms with van der Waals surface area (Å²) in [6.45, 7) is 2.81. The third-order valence-electron chi connectivity index (χ3n) is 4.38. The Morgan fingerprint density at radius 1 is 1.23 bits per heavy atom. The van der Waals surface area contributed by atoms with E-state index in [9.17, 15) is 9.18 Å². The fraction of sp³-hybridized carbons (Fsp3) is 0.200. The number of fused-ring (bicyclic) bond motifs is 1.